The van der Waals surface area contributed by atoms with Gasteiger partial charge in [0.1, 0.15) is 0 Å². The van der Waals surface area contributed by atoms with Crippen molar-refractivity contribution in [2.45, 2.75) is 19.1 Å². The van der Waals surface area contributed by atoms with E-state index in [1.165, 1.54) is 0 Å². The average Bonchev–Trinajstić information content (AvgIpc) is 2.69. The van der Waals surface area contributed by atoms with Crippen LogP contribution in [0.15, 0.2) is 18.2 Å². The highest BCUT2D eigenvalue weighted by molar-refractivity contribution is 6.35. The first-order chi connectivity index (χ1) is 7.25. The molecule has 2 nitrogen and oxygen atoms in total. The van der Waals surface area contributed by atoms with Crippen molar-refractivity contribution in [1.82, 2.24) is 5.32 Å². The van der Waals surface area contributed by atoms with Gasteiger partial charge in [0.15, 0.2) is 0 Å². The second-order valence-corrected chi connectivity index (χ2v) is 4.51. The molecule has 1 aliphatic rings. The van der Waals surface area contributed by atoms with E-state index in [1.807, 2.05) is 12.1 Å². The Balaban J connectivity index is 1.92. The first kappa shape index (κ1) is 11.2. The zero-order chi connectivity index (χ0) is 10.7. The van der Waals surface area contributed by atoms with Gasteiger partial charge in [-0.3, -0.25) is 0 Å². The van der Waals surface area contributed by atoms with E-state index in [1.54, 1.807) is 6.07 Å². The first-order valence-corrected chi connectivity index (χ1v) is 5.77. The van der Waals surface area contributed by atoms with Gasteiger partial charge in [0.05, 0.1) is 12.7 Å². The van der Waals surface area contributed by atoms with Gasteiger partial charge in [-0.25, -0.2) is 0 Å². The van der Waals surface area contributed by atoms with Gasteiger partial charge in [-0.1, -0.05) is 29.3 Å². The van der Waals surface area contributed by atoms with Gasteiger partial charge < -0.3 is 10.1 Å². The Bertz CT molecular complexity index is 337. The van der Waals surface area contributed by atoms with Crippen molar-refractivity contribution in [3.8, 4) is 0 Å². The molecule has 1 aromatic carbocycles. The number of ether oxygens (including phenoxy) is 1. The Morgan fingerprint density at radius 2 is 2.27 bits per heavy atom. The Morgan fingerprint density at radius 3 is 2.93 bits per heavy atom. The van der Waals surface area contributed by atoms with Crippen LogP contribution in [-0.2, 0) is 11.3 Å². The fourth-order valence-electron chi connectivity index (χ4n) is 1.62. The summed E-state index contributed by atoms with van der Waals surface area (Å²) in [7, 11) is 0. The third-order valence-electron chi connectivity index (χ3n) is 2.50. The Hall–Kier alpha value is -0.280. The van der Waals surface area contributed by atoms with Crippen LogP contribution in [-0.4, -0.2) is 19.2 Å². The summed E-state index contributed by atoms with van der Waals surface area (Å²) in [6.45, 7) is 2.53. The molecule has 1 heterocycles. The molecule has 1 N–H and O–H groups in total. The lowest BCUT2D eigenvalue weighted by Crippen LogP contribution is -2.16. The third kappa shape index (κ3) is 3.08. The van der Waals surface area contributed by atoms with E-state index < -0.39 is 0 Å². The van der Waals surface area contributed by atoms with Crippen LogP contribution in [0.1, 0.15) is 12.0 Å². The van der Waals surface area contributed by atoms with Crippen LogP contribution in [0.4, 0.5) is 0 Å². The molecule has 0 spiro atoms. The zero-order valence-corrected chi connectivity index (χ0v) is 9.81. The average molecular weight is 246 g/mol. The molecular formula is C11H13Cl2NO. The van der Waals surface area contributed by atoms with Crippen molar-refractivity contribution in [2.24, 2.45) is 0 Å². The van der Waals surface area contributed by atoms with Crippen molar-refractivity contribution < 1.29 is 4.74 Å². The van der Waals surface area contributed by atoms with Crippen molar-refractivity contribution in [1.29, 1.82) is 0 Å². The number of hydrogen-bond acceptors (Lipinski definition) is 2. The van der Waals surface area contributed by atoms with Gasteiger partial charge in [0.25, 0.3) is 0 Å². The topological polar surface area (TPSA) is 21.3 Å². The number of halogens is 2. The molecule has 0 aliphatic carbocycles. The molecule has 15 heavy (non-hydrogen) atoms. The third-order valence-corrected chi connectivity index (χ3v) is 3.09. The number of nitrogens with one attached hydrogen (secondary N) is 1. The largest absolute Gasteiger partial charge is 0.372 e. The van der Waals surface area contributed by atoms with Gasteiger partial charge in [-0.2, -0.15) is 0 Å². The van der Waals surface area contributed by atoms with E-state index in [0.29, 0.717) is 22.8 Å². The predicted octanol–water partition coefficient (Wildman–Crippen LogP) is 2.87. The standard InChI is InChI=1S/C11H13Cl2NO/c12-9-2-1-8(11(13)5-9)7-15-10-3-4-14-6-10/h1-2,5,10,14H,3-4,6-7H2/t10-/m1/s1. The van der Waals surface area contributed by atoms with Crippen LogP contribution in [0.25, 0.3) is 0 Å². The summed E-state index contributed by atoms with van der Waals surface area (Å²) >= 11 is 11.8. The molecule has 1 fully saturated rings. The summed E-state index contributed by atoms with van der Waals surface area (Å²) in [6, 6.07) is 5.49. The minimum Gasteiger partial charge on any atom is -0.372 e. The highest BCUT2D eigenvalue weighted by Crippen LogP contribution is 2.22. The van der Waals surface area contributed by atoms with Gasteiger partial charge in [0.2, 0.25) is 0 Å². The van der Waals surface area contributed by atoms with Gasteiger partial charge in [-0.15, -0.1) is 0 Å². The molecule has 4 heteroatoms. The summed E-state index contributed by atoms with van der Waals surface area (Å²) in [4.78, 5) is 0. The monoisotopic (exact) mass is 245 g/mol. The maximum Gasteiger partial charge on any atom is 0.0735 e. The molecule has 2 rings (SSSR count). The summed E-state index contributed by atoms with van der Waals surface area (Å²) in [5.74, 6) is 0. The summed E-state index contributed by atoms with van der Waals surface area (Å²) in [5.41, 5.74) is 0.993. The fourth-order valence-corrected chi connectivity index (χ4v) is 2.08. The SMILES string of the molecule is Clc1ccc(CO[C@@H]2CCNC2)c(Cl)c1. The lowest BCUT2D eigenvalue weighted by atomic mass is 10.2. The molecule has 0 aromatic heterocycles. The molecule has 82 valence electrons. The van der Waals surface area contributed by atoms with Gasteiger partial charge in [-0.05, 0) is 30.7 Å². The minimum absolute atomic E-state index is 0.316. The van der Waals surface area contributed by atoms with E-state index in [9.17, 15) is 0 Å². The van der Waals surface area contributed by atoms with Crippen LogP contribution in [0.5, 0.6) is 0 Å². The van der Waals surface area contributed by atoms with Crippen molar-refractivity contribution in [3.05, 3.63) is 33.8 Å². The molecule has 0 radical (unpaired) electrons. The molecule has 1 aliphatic heterocycles. The van der Waals surface area contributed by atoms with E-state index in [4.69, 9.17) is 27.9 Å². The molecule has 0 saturated carbocycles. The Labute approximate surface area is 99.5 Å². The molecule has 0 amide bonds. The number of rotatable bonds is 3. The molecule has 1 aromatic rings. The summed E-state index contributed by atoms with van der Waals surface area (Å²) in [6.07, 6.45) is 1.39. The Morgan fingerprint density at radius 1 is 1.40 bits per heavy atom. The quantitative estimate of drug-likeness (QED) is 0.885. The van der Waals surface area contributed by atoms with Crippen LogP contribution >= 0.6 is 23.2 Å². The molecule has 1 atom stereocenters. The maximum atomic E-state index is 6.03. The van der Waals surface area contributed by atoms with Crippen LogP contribution in [0.3, 0.4) is 0 Å². The van der Waals surface area contributed by atoms with Crippen molar-refractivity contribution in [2.75, 3.05) is 13.1 Å². The highest BCUT2D eigenvalue weighted by Gasteiger charge is 2.15. The molecular weight excluding hydrogens is 233 g/mol. The van der Waals surface area contributed by atoms with Crippen LogP contribution < -0.4 is 5.32 Å². The van der Waals surface area contributed by atoms with E-state index >= 15 is 0 Å². The predicted molar refractivity (Wildman–Crippen MR) is 62.5 cm³/mol. The van der Waals surface area contributed by atoms with Gasteiger partial charge >= 0.3 is 0 Å². The van der Waals surface area contributed by atoms with Crippen LogP contribution in [0, 0.1) is 0 Å². The minimum atomic E-state index is 0.316. The van der Waals surface area contributed by atoms with E-state index in [2.05, 4.69) is 5.32 Å². The fraction of sp³-hybridized carbons (Fsp3) is 0.455. The molecule has 0 bridgehead atoms. The highest BCUT2D eigenvalue weighted by atomic mass is 35.5. The van der Waals surface area contributed by atoms with Crippen molar-refractivity contribution in [3.63, 3.8) is 0 Å². The maximum absolute atomic E-state index is 6.03. The van der Waals surface area contributed by atoms with E-state index in [0.717, 1.165) is 25.1 Å². The van der Waals surface area contributed by atoms with Gasteiger partial charge in [0, 0.05) is 16.6 Å². The second kappa shape index (κ2) is 5.17. The lowest BCUT2D eigenvalue weighted by Gasteiger charge is -2.11. The van der Waals surface area contributed by atoms with Crippen molar-refractivity contribution >= 4 is 23.2 Å². The van der Waals surface area contributed by atoms with Crippen LogP contribution in [0.2, 0.25) is 10.0 Å². The second-order valence-electron chi connectivity index (χ2n) is 3.66. The molecule has 0 unspecified atom stereocenters. The first-order valence-electron chi connectivity index (χ1n) is 5.02. The molecule has 1 saturated heterocycles. The number of hydrogen-bond donors (Lipinski definition) is 1. The normalized spacial score (nSPS) is 20.8. The smallest absolute Gasteiger partial charge is 0.0735 e. The Kier molecular flexibility index (Phi) is 3.87. The number of benzene rings is 1. The van der Waals surface area contributed by atoms with E-state index in [-0.39, 0.29) is 0 Å². The lowest BCUT2D eigenvalue weighted by molar-refractivity contribution is 0.0543. The summed E-state index contributed by atoms with van der Waals surface area (Å²) < 4.78 is 5.72. The summed E-state index contributed by atoms with van der Waals surface area (Å²) in [5, 5.41) is 4.59. The zero-order valence-electron chi connectivity index (χ0n) is 8.30.